The summed E-state index contributed by atoms with van der Waals surface area (Å²) >= 11 is 0. The predicted molar refractivity (Wildman–Crippen MR) is 100 cm³/mol. The Bertz CT molecular complexity index is 573. The fourth-order valence-corrected chi connectivity index (χ4v) is 3.77. The number of hydrogen-bond acceptors (Lipinski definition) is 5. The Hall–Kier alpha value is -1.03. The molecule has 28 heavy (non-hydrogen) atoms. The van der Waals surface area contributed by atoms with Crippen LogP contribution in [0.3, 0.4) is 0 Å². The number of nitrogens with zero attached hydrogens (tertiary/aromatic N) is 2. The number of hydrogen-bond donors (Lipinski definition) is 0. The fourth-order valence-electron chi connectivity index (χ4n) is 2.95. The third kappa shape index (κ3) is 7.42. The van der Waals surface area contributed by atoms with Crippen LogP contribution in [0.15, 0.2) is 12.4 Å². The van der Waals surface area contributed by atoms with E-state index in [1.54, 1.807) is 0 Å². The van der Waals surface area contributed by atoms with Crippen molar-refractivity contribution in [1.82, 2.24) is 9.80 Å². The normalized spacial score (nSPS) is 17.9. The van der Waals surface area contributed by atoms with Gasteiger partial charge in [-0.1, -0.05) is 64.7 Å². The van der Waals surface area contributed by atoms with Gasteiger partial charge >= 0.3 is 21.8 Å². The molecule has 1 aliphatic heterocycles. The van der Waals surface area contributed by atoms with E-state index >= 15 is 0 Å². The predicted octanol–water partition coefficient (Wildman–Crippen LogP) is 5.11. The third-order valence-electron chi connectivity index (χ3n) is 4.70. The van der Waals surface area contributed by atoms with Crippen molar-refractivity contribution in [3.8, 4) is 0 Å². The van der Waals surface area contributed by atoms with Gasteiger partial charge in [-0.05, 0) is 6.42 Å². The molecule has 0 saturated carbocycles. The smallest absolute Gasteiger partial charge is 0.336 e. The molecule has 0 aromatic heterocycles. The van der Waals surface area contributed by atoms with Crippen LogP contribution in [0.4, 0.5) is 17.6 Å². The zero-order valence-corrected chi connectivity index (χ0v) is 17.4. The van der Waals surface area contributed by atoms with Crippen molar-refractivity contribution in [1.29, 1.82) is 0 Å². The van der Waals surface area contributed by atoms with Gasteiger partial charge in [0.2, 0.25) is 6.35 Å². The van der Waals surface area contributed by atoms with Crippen molar-refractivity contribution in [2.75, 3.05) is 13.6 Å². The van der Waals surface area contributed by atoms with Crippen LogP contribution in [-0.2, 0) is 14.3 Å². The van der Waals surface area contributed by atoms with Gasteiger partial charge < -0.3 is 9.80 Å². The molecule has 0 radical (unpaired) electrons. The summed E-state index contributed by atoms with van der Waals surface area (Å²) in [5.74, 6) is 0. The SMILES string of the molecule is CCCCCCCCCCCCN1C=CN(C)C1OS(=O)(=O)C(F)(F)C(F)F. The van der Waals surface area contributed by atoms with Gasteiger partial charge in [0.15, 0.2) is 0 Å². The second kappa shape index (κ2) is 11.8. The molecule has 166 valence electrons. The average Bonchev–Trinajstić information content (AvgIpc) is 2.96. The van der Waals surface area contributed by atoms with E-state index in [2.05, 4.69) is 11.1 Å². The van der Waals surface area contributed by atoms with Gasteiger partial charge in [0.1, 0.15) is 0 Å². The van der Waals surface area contributed by atoms with Crippen molar-refractivity contribution >= 4 is 10.1 Å². The number of rotatable bonds is 15. The fraction of sp³-hybridized carbons (Fsp3) is 0.889. The second-order valence-electron chi connectivity index (χ2n) is 7.12. The van der Waals surface area contributed by atoms with Crippen LogP contribution >= 0.6 is 0 Å². The monoisotopic (exact) mass is 432 g/mol. The molecule has 10 heteroatoms. The Morgan fingerprint density at radius 1 is 0.964 bits per heavy atom. The summed E-state index contributed by atoms with van der Waals surface area (Å²) in [6.07, 6.45) is 8.47. The van der Waals surface area contributed by atoms with Crippen LogP contribution in [0, 0.1) is 0 Å². The molecular weight excluding hydrogens is 400 g/mol. The molecule has 1 unspecified atom stereocenters. The van der Waals surface area contributed by atoms with E-state index in [9.17, 15) is 26.0 Å². The van der Waals surface area contributed by atoms with Crippen LogP contribution in [0.25, 0.3) is 0 Å². The van der Waals surface area contributed by atoms with Crippen LogP contribution in [-0.4, -0.2) is 49.8 Å². The van der Waals surface area contributed by atoms with Gasteiger partial charge in [0, 0.05) is 26.0 Å². The van der Waals surface area contributed by atoms with E-state index in [0.717, 1.165) is 25.7 Å². The molecule has 1 aliphatic rings. The van der Waals surface area contributed by atoms with Crippen molar-refractivity contribution in [3.63, 3.8) is 0 Å². The van der Waals surface area contributed by atoms with E-state index in [1.165, 1.54) is 67.8 Å². The highest BCUT2D eigenvalue weighted by Gasteiger charge is 2.57. The lowest BCUT2D eigenvalue weighted by atomic mass is 10.1. The quantitative estimate of drug-likeness (QED) is 0.204. The molecule has 0 saturated heterocycles. The van der Waals surface area contributed by atoms with Gasteiger partial charge in [-0.2, -0.15) is 17.2 Å². The molecule has 1 atom stereocenters. The van der Waals surface area contributed by atoms with E-state index in [1.807, 2.05) is 0 Å². The lowest BCUT2D eigenvalue weighted by molar-refractivity contribution is -0.0852. The van der Waals surface area contributed by atoms with Crippen LogP contribution in [0.5, 0.6) is 0 Å². The Morgan fingerprint density at radius 2 is 1.46 bits per heavy atom. The summed E-state index contributed by atoms with van der Waals surface area (Å²) in [5, 5.41) is -5.25. The van der Waals surface area contributed by atoms with Crippen LogP contribution in [0.2, 0.25) is 0 Å². The van der Waals surface area contributed by atoms with Crippen molar-refractivity contribution in [2.45, 2.75) is 89.2 Å². The van der Waals surface area contributed by atoms with Gasteiger partial charge in [-0.15, -0.1) is 0 Å². The van der Waals surface area contributed by atoms with Gasteiger partial charge in [0.25, 0.3) is 0 Å². The third-order valence-corrected chi connectivity index (χ3v) is 5.97. The summed E-state index contributed by atoms with van der Waals surface area (Å²) in [7, 11) is -4.34. The summed E-state index contributed by atoms with van der Waals surface area (Å²) in [4.78, 5) is 2.67. The minimum atomic E-state index is -5.77. The number of unbranched alkanes of at least 4 members (excludes halogenated alkanes) is 9. The number of halogens is 4. The van der Waals surface area contributed by atoms with E-state index in [4.69, 9.17) is 0 Å². The summed E-state index contributed by atoms with van der Waals surface area (Å²) < 4.78 is 78.7. The molecule has 5 nitrogen and oxygen atoms in total. The summed E-state index contributed by atoms with van der Waals surface area (Å²) in [6, 6.07) is 0. The highest BCUT2D eigenvalue weighted by molar-refractivity contribution is 7.87. The topological polar surface area (TPSA) is 49.9 Å². The molecular formula is C18H32F4N2O3S. The minimum absolute atomic E-state index is 0.387. The maximum atomic E-state index is 13.2. The lowest BCUT2D eigenvalue weighted by Crippen LogP contribution is -2.46. The van der Waals surface area contributed by atoms with Crippen LogP contribution in [0.1, 0.15) is 71.1 Å². The van der Waals surface area contributed by atoms with Gasteiger partial charge in [-0.3, -0.25) is 0 Å². The maximum absolute atomic E-state index is 13.2. The summed E-state index contributed by atoms with van der Waals surface area (Å²) in [5.41, 5.74) is 0. The summed E-state index contributed by atoms with van der Waals surface area (Å²) in [6.45, 7) is 2.57. The molecule has 1 heterocycles. The standard InChI is InChI=1S/C18H32F4N2O3S/c1-3-4-5-6-7-8-9-10-11-12-13-24-15-14-23(2)17(24)27-28(25,26)18(21,22)16(19)20/h14-17H,3-13H2,1-2H3. The second-order valence-corrected chi connectivity index (χ2v) is 8.77. The van der Waals surface area contributed by atoms with Gasteiger partial charge in [-0.25, -0.2) is 13.0 Å². The first kappa shape index (κ1) is 25.0. The Labute approximate surface area is 165 Å². The molecule has 0 aliphatic carbocycles. The molecule has 0 aromatic rings. The molecule has 0 amide bonds. The largest absolute Gasteiger partial charge is 0.428 e. The maximum Gasteiger partial charge on any atom is 0.428 e. The average molecular weight is 433 g/mol. The molecule has 0 fully saturated rings. The lowest BCUT2D eigenvalue weighted by Gasteiger charge is -2.30. The molecule has 0 bridgehead atoms. The van der Waals surface area contributed by atoms with E-state index in [-0.39, 0.29) is 0 Å². The Balaban J connectivity index is 2.34. The zero-order valence-electron chi connectivity index (χ0n) is 16.6. The van der Waals surface area contributed by atoms with Crippen LogP contribution < -0.4 is 0 Å². The zero-order chi connectivity index (χ0) is 21.2. The Morgan fingerprint density at radius 3 is 1.96 bits per heavy atom. The molecule has 0 aromatic carbocycles. The highest BCUT2D eigenvalue weighted by atomic mass is 32.2. The van der Waals surface area contributed by atoms with Gasteiger partial charge in [0.05, 0.1) is 0 Å². The number of alkyl halides is 4. The molecule has 0 spiro atoms. The highest BCUT2D eigenvalue weighted by Crippen LogP contribution is 2.33. The van der Waals surface area contributed by atoms with E-state index < -0.39 is 28.1 Å². The first-order valence-electron chi connectivity index (χ1n) is 9.88. The first-order valence-corrected chi connectivity index (χ1v) is 11.3. The first-order chi connectivity index (χ1) is 13.1. The molecule has 0 N–H and O–H groups in total. The Kier molecular flexibility index (Phi) is 10.6. The van der Waals surface area contributed by atoms with Crippen molar-refractivity contribution in [3.05, 3.63) is 12.4 Å². The van der Waals surface area contributed by atoms with Crippen molar-refractivity contribution in [2.24, 2.45) is 0 Å². The van der Waals surface area contributed by atoms with Crippen molar-refractivity contribution < 1.29 is 30.2 Å². The van der Waals surface area contributed by atoms with E-state index in [0.29, 0.717) is 6.54 Å². The minimum Gasteiger partial charge on any atom is -0.336 e. The molecule has 1 rings (SSSR count).